The number of hydrogen-bond donors (Lipinski definition) is 1. The van der Waals surface area contributed by atoms with Crippen molar-refractivity contribution in [3.8, 4) is 5.75 Å². The summed E-state index contributed by atoms with van der Waals surface area (Å²) in [6.07, 6.45) is -0.425. The normalized spacial score (nSPS) is 9.56. The molecule has 0 saturated heterocycles. The highest BCUT2D eigenvalue weighted by Gasteiger charge is 2.04. The van der Waals surface area contributed by atoms with Gasteiger partial charge in [-0.3, -0.25) is 4.79 Å². The second kappa shape index (κ2) is 5.69. The minimum Gasteiger partial charge on any atom is -0.489 e. The smallest absolute Gasteiger partial charge is 0.404 e. The predicted molar refractivity (Wildman–Crippen MR) is 52.8 cm³/mol. The predicted octanol–water partition coefficient (Wildman–Crippen LogP) is 1.11. The average Bonchev–Trinajstić information content (AvgIpc) is 2.25. The Bertz CT molecular complexity index is 394. The monoisotopic (exact) mass is 227 g/mol. The number of benzene rings is 1. The lowest BCUT2D eigenvalue weighted by Crippen LogP contribution is -2.17. The molecule has 0 saturated carbocycles. The van der Waals surface area contributed by atoms with E-state index >= 15 is 0 Å². The highest BCUT2D eigenvalue weighted by Crippen LogP contribution is 2.17. The number of carbonyl (C=O) groups is 2. The van der Waals surface area contributed by atoms with E-state index in [2.05, 4.69) is 4.74 Å². The zero-order valence-corrected chi connectivity index (χ0v) is 8.31. The second-order valence-electron chi connectivity index (χ2n) is 2.82. The Balaban J connectivity index is 2.53. The van der Waals surface area contributed by atoms with Gasteiger partial charge in [0, 0.05) is 0 Å². The van der Waals surface area contributed by atoms with E-state index in [1.807, 2.05) is 0 Å². The molecule has 6 heteroatoms. The molecule has 0 aliphatic heterocycles. The molecule has 1 rings (SSSR count). The molecule has 0 fully saturated rings. The van der Waals surface area contributed by atoms with Gasteiger partial charge in [-0.25, -0.2) is 9.18 Å². The molecular formula is C10H10FNO4. The van der Waals surface area contributed by atoms with Gasteiger partial charge in [-0.15, -0.1) is 0 Å². The molecule has 1 aromatic rings. The molecule has 0 unspecified atom stereocenters. The molecule has 0 aliphatic rings. The number of aldehydes is 1. The molecule has 0 aliphatic carbocycles. The van der Waals surface area contributed by atoms with Gasteiger partial charge in [0.1, 0.15) is 24.8 Å². The molecule has 0 heterocycles. The van der Waals surface area contributed by atoms with E-state index < -0.39 is 11.9 Å². The molecule has 86 valence electrons. The fourth-order valence-corrected chi connectivity index (χ4v) is 1.04. The first-order valence-electron chi connectivity index (χ1n) is 4.43. The molecule has 2 N–H and O–H groups in total. The van der Waals surface area contributed by atoms with Gasteiger partial charge in [0.25, 0.3) is 0 Å². The zero-order valence-electron chi connectivity index (χ0n) is 8.31. The Hall–Kier alpha value is -2.11. The maximum absolute atomic E-state index is 12.7. The maximum atomic E-state index is 12.7. The van der Waals surface area contributed by atoms with Crippen molar-refractivity contribution in [1.82, 2.24) is 0 Å². The highest BCUT2D eigenvalue weighted by atomic mass is 19.1. The fourth-order valence-electron chi connectivity index (χ4n) is 1.04. The van der Waals surface area contributed by atoms with Gasteiger partial charge in [0.05, 0.1) is 5.56 Å². The van der Waals surface area contributed by atoms with Crippen LogP contribution >= 0.6 is 0 Å². The van der Waals surface area contributed by atoms with Crippen LogP contribution in [-0.2, 0) is 4.74 Å². The summed E-state index contributed by atoms with van der Waals surface area (Å²) in [5.41, 5.74) is 4.82. The van der Waals surface area contributed by atoms with Crippen molar-refractivity contribution in [2.75, 3.05) is 13.2 Å². The summed E-state index contributed by atoms with van der Waals surface area (Å²) >= 11 is 0. The quantitative estimate of drug-likeness (QED) is 0.603. The van der Waals surface area contributed by atoms with E-state index in [1.165, 1.54) is 6.07 Å². The number of primary amides is 1. The van der Waals surface area contributed by atoms with Crippen LogP contribution in [0.2, 0.25) is 0 Å². The largest absolute Gasteiger partial charge is 0.489 e. The molecule has 5 nitrogen and oxygen atoms in total. The molecular weight excluding hydrogens is 217 g/mol. The van der Waals surface area contributed by atoms with Crippen molar-refractivity contribution in [1.29, 1.82) is 0 Å². The first-order chi connectivity index (χ1) is 7.63. The summed E-state index contributed by atoms with van der Waals surface area (Å²) in [5, 5.41) is 0. The lowest BCUT2D eigenvalue weighted by atomic mass is 10.2. The minimum atomic E-state index is -0.904. The maximum Gasteiger partial charge on any atom is 0.404 e. The fraction of sp³-hybridized carbons (Fsp3) is 0.200. The van der Waals surface area contributed by atoms with Crippen molar-refractivity contribution in [2.24, 2.45) is 5.73 Å². The third kappa shape index (κ3) is 3.56. The van der Waals surface area contributed by atoms with Crippen molar-refractivity contribution in [3.63, 3.8) is 0 Å². The van der Waals surface area contributed by atoms with Crippen molar-refractivity contribution < 1.29 is 23.5 Å². The number of carbonyl (C=O) groups excluding carboxylic acids is 2. The van der Waals surface area contributed by atoms with Gasteiger partial charge in [-0.1, -0.05) is 0 Å². The number of halogens is 1. The van der Waals surface area contributed by atoms with Crippen LogP contribution in [0.4, 0.5) is 9.18 Å². The Morgan fingerprint density at radius 3 is 2.81 bits per heavy atom. The number of rotatable bonds is 5. The molecule has 0 atom stereocenters. The molecule has 0 bridgehead atoms. The first-order valence-corrected chi connectivity index (χ1v) is 4.43. The van der Waals surface area contributed by atoms with Gasteiger partial charge in [0.2, 0.25) is 0 Å². The van der Waals surface area contributed by atoms with E-state index in [0.717, 1.165) is 12.1 Å². The van der Waals surface area contributed by atoms with Crippen LogP contribution in [0.15, 0.2) is 18.2 Å². The number of amides is 1. The number of ether oxygens (including phenoxy) is 2. The van der Waals surface area contributed by atoms with Crippen LogP contribution in [0.5, 0.6) is 5.75 Å². The van der Waals surface area contributed by atoms with Crippen molar-refractivity contribution in [3.05, 3.63) is 29.6 Å². The Morgan fingerprint density at radius 1 is 1.44 bits per heavy atom. The van der Waals surface area contributed by atoms with E-state index in [9.17, 15) is 14.0 Å². The summed E-state index contributed by atoms with van der Waals surface area (Å²) in [4.78, 5) is 20.8. The van der Waals surface area contributed by atoms with E-state index in [-0.39, 0.29) is 24.5 Å². The SMILES string of the molecule is NC(=O)OCCOc1ccc(F)cc1C=O. The summed E-state index contributed by atoms with van der Waals surface area (Å²) in [5.74, 6) is -0.299. The van der Waals surface area contributed by atoms with E-state index in [0.29, 0.717) is 6.29 Å². The van der Waals surface area contributed by atoms with Crippen LogP contribution in [0, 0.1) is 5.82 Å². The molecule has 16 heavy (non-hydrogen) atoms. The van der Waals surface area contributed by atoms with Gasteiger partial charge in [-0.2, -0.15) is 0 Å². The summed E-state index contributed by atoms with van der Waals surface area (Å²) in [6.45, 7) is 0.000416. The topological polar surface area (TPSA) is 78.6 Å². The standard InChI is InChI=1S/C10H10FNO4/c11-8-1-2-9(7(5-8)6-13)15-3-4-16-10(12)14/h1-2,5-6H,3-4H2,(H2,12,14). The third-order valence-corrected chi connectivity index (χ3v) is 1.68. The van der Waals surface area contributed by atoms with Crippen LogP contribution in [0.1, 0.15) is 10.4 Å². The van der Waals surface area contributed by atoms with Crippen molar-refractivity contribution in [2.45, 2.75) is 0 Å². The summed E-state index contributed by atoms with van der Waals surface area (Å²) in [6, 6.07) is 3.54. The minimum absolute atomic E-state index is 0.0367. The van der Waals surface area contributed by atoms with Gasteiger partial charge in [0.15, 0.2) is 6.29 Å². The lowest BCUT2D eigenvalue weighted by Gasteiger charge is -2.07. The summed E-state index contributed by atoms with van der Waals surface area (Å²) < 4.78 is 22.2. The van der Waals surface area contributed by atoms with Gasteiger partial charge >= 0.3 is 6.09 Å². The molecule has 0 aromatic heterocycles. The van der Waals surface area contributed by atoms with E-state index in [1.54, 1.807) is 0 Å². The van der Waals surface area contributed by atoms with Crippen LogP contribution in [0.3, 0.4) is 0 Å². The molecule has 1 amide bonds. The number of hydrogen-bond acceptors (Lipinski definition) is 4. The van der Waals surface area contributed by atoms with Crippen LogP contribution in [-0.4, -0.2) is 25.6 Å². The number of nitrogens with two attached hydrogens (primary N) is 1. The summed E-state index contributed by atoms with van der Waals surface area (Å²) in [7, 11) is 0. The zero-order chi connectivity index (χ0) is 12.0. The molecule has 0 radical (unpaired) electrons. The first kappa shape index (κ1) is 12.0. The lowest BCUT2D eigenvalue weighted by molar-refractivity contribution is 0.111. The van der Waals surface area contributed by atoms with Crippen LogP contribution < -0.4 is 10.5 Å². The molecule has 0 spiro atoms. The van der Waals surface area contributed by atoms with Gasteiger partial charge < -0.3 is 15.2 Å². The van der Waals surface area contributed by atoms with Crippen LogP contribution in [0.25, 0.3) is 0 Å². The third-order valence-electron chi connectivity index (χ3n) is 1.68. The Kier molecular flexibility index (Phi) is 4.26. The highest BCUT2D eigenvalue weighted by molar-refractivity contribution is 5.79. The van der Waals surface area contributed by atoms with Gasteiger partial charge in [-0.05, 0) is 18.2 Å². The second-order valence-corrected chi connectivity index (χ2v) is 2.82. The molecule has 1 aromatic carbocycles. The van der Waals surface area contributed by atoms with E-state index in [4.69, 9.17) is 10.5 Å². The average molecular weight is 227 g/mol. The Labute approximate surface area is 90.9 Å². The Morgan fingerprint density at radius 2 is 2.19 bits per heavy atom. The van der Waals surface area contributed by atoms with Crippen molar-refractivity contribution >= 4 is 12.4 Å².